The fraction of sp³-hybridized carbons (Fsp3) is 0.238. The van der Waals surface area contributed by atoms with E-state index in [0.717, 1.165) is 11.1 Å². The van der Waals surface area contributed by atoms with Crippen molar-refractivity contribution in [2.24, 2.45) is 0 Å². The van der Waals surface area contributed by atoms with E-state index in [-0.39, 0.29) is 12.3 Å². The van der Waals surface area contributed by atoms with Crippen molar-refractivity contribution in [1.82, 2.24) is 5.16 Å². The van der Waals surface area contributed by atoms with Crippen molar-refractivity contribution in [3.63, 3.8) is 0 Å². The summed E-state index contributed by atoms with van der Waals surface area (Å²) >= 11 is 0. The molecule has 6 nitrogen and oxygen atoms in total. The Balaban J connectivity index is 1.72. The van der Waals surface area contributed by atoms with Gasteiger partial charge in [0.25, 0.3) is 5.91 Å². The molecule has 6 heteroatoms. The Hall–Kier alpha value is -3.28. The first-order valence-corrected chi connectivity index (χ1v) is 8.66. The zero-order chi connectivity index (χ0) is 19.6. The van der Waals surface area contributed by atoms with Crippen LogP contribution in [0.4, 0.5) is 5.69 Å². The lowest BCUT2D eigenvalue weighted by Crippen LogP contribution is -2.24. The van der Waals surface area contributed by atoms with Crippen molar-refractivity contribution in [3.05, 3.63) is 69.7 Å². The first kappa shape index (κ1) is 18.5. The number of Topliss-reactive ketones (excluding diaryl/α,β-unsaturated/α-hetero) is 1. The summed E-state index contributed by atoms with van der Waals surface area (Å²) < 4.78 is 4.68. The molecule has 3 aromatic rings. The number of nitrogens with one attached hydrogen (secondary N) is 1. The number of carbonyl (C=O) groups excluding carboxylic acids is 2. The summed E-state index contributed by atoms with van der Waals surface area (Å²) in [7, 11) is 0. The summed E-state index contributed by atoms with van der Waals surface area (Å²) in [4.78, 5) is 36.2. The van der Waals surface area contributed by atoms with Gasteiger partial charge in [-0.05, 0) is 43.5 Å². The molecule has 0 radical (unpaired) electrons. The predicted molar refractivity (Wildman–Crippen MR) is 103 cm³/mol. The van der Waals surface area contributed by atoms with E-state index in [2.05, 4.69) is 15.0 Å². The summed E-state index contributed by atoms with van der Waals surface area (Å²) in [5.74, 6) is -1.23. The third-order valence-corrected chi connectivity index (χ3v) is 4.54. The zero-order valence-electron chi connectivity index (χ0n) is 15.4. The lowest BCUT2D eigenvalue weighted by atomic mass is 9.95. The molecule has 1 amide bonds. The normalized spacial score (nSPS) is 12.0. The first-order chi connectivity index (χ1) is 12.8. The molecule has 1 aromatic heterocycles. The summed E-state index contributed by atoms with van der Waals surface area (Å²) in [6, 6.07) is 12.6. The Kier molecular flexibility index (Phi) is 5.16. The molecule has 1 N–H and O–H groups in total. The van der Waals surface area contributed by atoms with Crippen molar-refractivity contribution in [2.75, 3.05) is 5.32 Å². The van der Waals surface area contributed by atoms with Gasteiger partial charge in [-0.1, -0.05) is 41.9 Å². The molecule has 0 saturated carbocycles. The molecule has 0 bridgehead atoms. The molecule has 0 saturated heterocycles. The Morgan fingerprint density at radius 1 is 1.07 bits per heavy atom. The molecule has 0 aliphatic rings. The molecule has 0 aliphatic carbocycles. The maximum Gasteiger partial charge on any atom is 0.366 e. The van der Waals surface area contributed by atoms with Gasteiger partial charge in [0.15, 0.2) is 0 Å². The second-order valence-electron chi connectivity index (χ2n) is 6.71. The topological polar surface area (TPSA) is 89.3 Å². The quantitative estimate of drug-likeness (QED) is 0.700. The Labute approximate surface area is 156 Å². The van der Waals surface area contributed by atoms with Crippen molar-refractivity contribution in [1.29, 1.82) is 0 Å². The number of hydrogen-bond donors (Lipinski definition) is 1. The second kappa shape index (κ2) is 7.53. The third-order valence-electron chi connectivity index (χ3n) is 4.54. The first-order valence-electron chi connectivity index (χ1n) is 8.66. The van der Waals surface area contributed by atoms with Gasteiger partial charge in [-0.25, -0.2) is 4.79 Å². The minimum Gasteiger partial charge on any atom is -0.319 e. The highest BCUT2D eigenvalue weighted by atomic mass is 16.5. The molecule has 2 aromatic carbocycles. The van der Waals surface area contributed by atoms with Crippen molar-refractivity contribution in [3.8, 4) is 0 Å². The number of aromatic nitrogens is 1. The van der Waals surface area contributed by atoms with E-state index in [1.165, 1.54) is 0 Å². The Bertz CT molecular complexity index is 1070. The van der Waals surface area contributed by atoms with E-state index in [1.807, 2.05) is 38.1 Å². The predicted octanol–water partition coefficient (Wildman–Crippen LogP) is 3.51. The zero-order valence-corrected chi connectivity index (χ0v) is 15.4. The van der Waals surface area contributed by atoms with Crippen LogP contribution < -0.4 is 10.9 Å². The van der Waals surface area contributed by atoms with Gasteiger partial charge in [0.2, 0.25) is 5.78 Å². The van der Waals surface area contributed by atoms with Gasteiger partial charge in [-0.3, -0.25) is 9.59 Å². The van der Waals surface area contributed by atoms with Crippen molar-refractivity contribution in [2.45, 2.75) is 33.1 Å². The molecule has 0 fully saturated rings. The van der Waals surface area contributed by atoms with Gasteiger partial charge in [0.1, 0.15) is 0 Å². The van der Waals surface area contributed by atoms with Gasteiger partial charge < -0.3 is 9.84 Å². The summed E-state index contributed by atoms with van der Waals surface area (Å²) in [6.07, 6.45) is 0.118. The molecule has 0 aliphatic heterocycles. The third kappa shape index (κ3) is 4.11. The largest absolute Gasteiger partial charge is 0.366 e. The van der Waals surface area contributed by atoms with Crippen LogP contribution in [0, 0.1) is 13.8 Å². The highest BCUT2D eigenvalue weighted by molar-refractivity contribution is 6.40. The van der Waals surface area contributed by atoms with Crippen LogP contribution in [0.5, 0.6) is 0 Å². The fourth-order valence-corrected chi connectivity index (χ4v) is 2.89. The fourth-order valence-electron chi connectivity index (χ4n) is 2.89. The van der Waals surface area contributed by atoms with Crippen LogP contribution in [0.2, 0.25) is 0 Å². The average Bonchev–Trinajstić information content (AvgIpc) is 2.65. The van der Waals surface area contributed by atoms with Crippen LogP contribution in [-0.4, -0.2) is 16.8 Å². The molecule has 0 spiro atoms. The van der Waals surface area contributed by atoms with E-state index >= 15 is 0 Å². The average molecular weight is 364 g/mol. The van der Waals surface area contributed by atoms with E-state index in [9.17, 15) is 14.4 Å². The maximum absolute atomic E-state index is 12.3. The van der Waals surface area contributed by atoms with Gasteiger partial charge in [-0.2, -0.15) is 0 Å². The minimum absolute atomic E-state index is 0.0588. The number of fused-ring (bicyclic) bond motifs is 1. The smallest absolute Gasteiger partial charge is 0.319 e. The number of aryl methyl sites for hydroxylation is 2. The Morgan fingerprint density at radius 2 is 1.78 bits per heavy atom. The molecule has 1 atom stereocenters. The number of hydrogen-bond acceptors (Lipinski definition) is 5. The van der Waals surface area contributed by atoms with Crippen LogP contribution in [0.3, 0.4) is 0 Å². The molecule has 1 heterocycles. The lowest BCUT2D eigenvalue weighted by Gasteiger charge is -2.12. The summed E-state index contributed by atoms with van der Waals surface area (Å²) in [5, 5.41) is 7.22. The van der Waals surface area contributed by atoms with Crippen molar-refractivity contribution < 1.29 is 14.1 Å². The van der Waals surface area contributed by atoms with Crippen molar-refractivity contribution >= 4 is 28.2 Å². The molecule has 138 valence electrons. The number of amides is 1. The van der Waals surface area contributed by atoms with Gasteiger partial charge >= 0.3 is 5.63 Å². The van der Waals surface area contributed by atoms with Crippen LogP contribution in [-0.2, 0) is 9.59 Å². The monoisotopic (exact) mass is 364 g/mol. The SMILES string of the molecule is Cc1ccc(C(C)CC(=O)C(=O)Nc2ccc3c(=O)onc(C)c3c2)cc1. The molecule has 3 rings (SSSR count). The van der Waals surface area contributed by atoms with Gasteiger partial charge in [-0.15, -0.1) is 0 Å². The van der Waals surface area contributed by atoms with Crippen LogP contribution in [0.15, 0.2) is 51.8 Å². The summed E-state index contributed by atoms with van der Waals surface area (Å²) in [5.41, 5.74) is 2.57. The van der Waals surface area contributed by atoms with Crippen LogP contribution in [0.25, 0.3) is 10.8 Å². The van der Waals surface area contributed by atoms with E-state index in [4.69, 9.17) is 0 Å². The lowest BCUT2D eigenvalue weighted by molar-refractivity contribution is -0.135. The summed E-state index contributed by atoms with van der Waals surface area (Å²) in [6.45, 7) is 5.61. The van der Waals surface area contributed by atoms with E-state index in [0.29, 0.717) is 22.2 Å². The standard InChI is InChI=1S/C21H20N2O4/c1-12-4-6-15(7-5-12)13(2)10-19(24)20(25)22-16-8-9-17-18(11-16)14(3)23-27-21(17)26/h4-9,11,13H,10H2,1-3H3,(H,22,25). The molecule has 1 unspecified atom stereocenters. The number of benzene rings is 2. The second-order valence-corrected chi connectivity index (χ2v) is 6.71. The van der Waals surface area contributed by atoms with Gasteiger partial charge in [0, 0.05) is 17.5 Å². The number of ketones is 1. The molecule has 27 heavy (non-hydrogen) atoms. The van der Waals surface area contributed by atoms with Crippen LogP contribution >= 0.6 is 0 Å². The minimum atomic E-state index is -0.679. The number of anilines is 1. The highest BCUT2D eigenvalue weighted by Crippen LogP contribution is 2.21. The molecular formula is C21H20N2O4. The molecular weight excluding hydrogens is 344 g/mol. The number of carbonyl (C=O) groups is 2. The Morgan fingerprint density at radius 3 is 2.48 bits per heavy atom. The number of rotatable bonds is 5. The van der Waals surface area contributed by atoms with Gasteiger partial charge in [0.05, 0.1) is 11.1 Å². The van der Waals surface area contributed by atoms with E-state index in [1.54, 1.807) is 25.1 Å². The van der Waals surface area contributed by atoms with Crippen LogP contribution in [0.1, 0.15) is 36.1 Å². The van der Waals surface area contributed by atoms with E-state index < -0.39 is 17.3 Å². The number of nitrogens with zero attached hydrogens (tertiary/aromatic N) is 1. The highest BCUT2D eigenvalue weighted by Gasteiger charge is 2.19. The maximum atomic E-state index is 12.3.